The van der Waals surface area contributed by atoms with E-state index in [9.17, 15) is 9.59 Å². The molecule has 1 aliphatic heterocycles. The van der Waals surface area contributed by atoms with Gasteiger partial charge in [0, 0.05) is 17.0 Å². The van der Waals surface area contributed by atoms with Crippen molar-refractivity contribution in [2.24, 2.45) is 0 Å². The van der Waals surface area contributed by atoms with Crippen LogP contribution in [0.3, 0.4) is 0 Å². The van der Waals surface area contributed by atoms with Gasteiger partial charge in [-0.3, -0.25) is 0 Å². The molecule has 0 aliphatic carbocycles. The fourth-order valence-corrected chi connectivity index (χ4v) is 3.23. The van der Waals surface area contributed by atoms with Crippen molar-refractivity contribution < 1.29 is 23.8 Å². The Labute approximate surface area is 165 Å². The molecule has 1 aromatic carbocycles. The zero-order valence-electron chi connectivity index (χ0n) is 16.6. The van der Waals surface area contributed by atoms with Gasteiger partial charge < -0.3 is 19.5 Å². The maximum absolute atomic E-state index is 12.8. The van der Waals surface area contributed by atoms with Gasteiger partial charge in [0.15, 0.2) is 0 Å². The van der Waals surface area contributed by atoms with Crippen LogP contribution in [0.4, 0.5) is 0 Å². The molecule has 0 radical (unpaired) electrons. The van der Waals surface area contributed by atoms with Crippen LogP contribution < -0.4 is 10.1 Å². The summed E-state index contributed by atoms with van der Waals surface area (Å²) in [7, 11) is 0. The first-order valence-corrected chi connectivity index (χ1v) is 9.14. The summed E-state index contributed by atoms with van der Waals surface area (Å²) in [5, 5.41) is 3.10. The summed E-state index contributed by atoms with van der Waals surface area (Å²) in [6.45, 7) is 7.51. The van der Waals surface area contributed by atoms with Gasteiger partial charge in [-0.25, -0.2) is 9.59 Å². The molecule has 1 aliphatic rings. The maximum atomic E-state index is 12.8. The molecule has 148 valence electrons. The van der Waals surface area contributed by atoms with Gasteiger partial charge in [0.1, 0.15) is 12.4 Å². The van der Waals surface area contributed by atoms with Crippen LogP contribution in [0, 0.1) is 12.3 Å². The molecule has 0 fully saturated rings. The number of ether oxygens (including phenoxy) is 3. The highest BCUT2D eigenvalue weighted by atomic mass is 16.5. The maximum Gasteiger partial charge on any atom is 0.336 e. The van der Waals surface area contributed by atoms with Gasteiger partial charge in [-0.15, -0.1) is 6.42 Å². The van der Waals surface area contributed by atoms with Crippen LogP contribution >= 0.6 is 0 Å². The third kappa shape index (κ3) is 4.37. The molecule has 6 nitrogen and oxygen atoms in total. The first-order valence-electron chi connectivity index (χ1n) is 9.14. The number of esters is 2. The molecule has 1 heterocycles. The van der Waals surface area contributed by atoms with E-state index < -0.39 is 17.9 Å². The highest BCUT2D eigenvalue weighted by Crippen LogP contribution is 2.42. The molecule has 0 amide bonds. The lowest BCUT2D eigenvalue weighted by Gasteiger charge is -2.31. The monoisotopic (exact) mass is 383 g/mol. The fraction of sp³-hybridized carbons (Fsp3) is 0.364. The minimum absolute atomic E-state index is 0.0663. The second-order valence-corrected chi connectivity index (χ2v) is 6.11. The van der Waals surface area contributed by atoms with Crippen molar-refractivity contribution in [3.63, 3.8) is 0 Å². The Balaban J connectivity index is 2.69. The van der Waals surface area contributed by atoms with E-state index in [1.165, 1.54) is 0 Å². The Morgan fingerprint density at radius 3 is 2.07 bits per heavy atom. The molecule has 0 unspecified atom stereocenters. The number of rotatable bonds is 7. The van der Waals surface area contributed by atoms with E-state index in [0.717, 1.165) is 0 Å². The van der Waals surface area contributed by atoms with Gasteiger partial charge in [-0.2, -0.15) is 0 Å². The first kappa shape index (κ1) is 21.1. The summed E-state index contributed by atoms with van der Waals surface area (Å²) in [4.78, 5) is 25.6. The van der Waals surface area contributed by atoms with Crippen molar-refractivity contribution in [1.82, 2.24) is 5.32 Å². The van der Waals surface area contributed by atoms with Crippen LogP contribution in [0.5, 0.6) is 5.75 Å². The predicted octanol–water partition coefficient (Wildman–Crippen LogP) is 3.06. The van der Waals surface area contributed by atoms with Gasteiger partial charge in [-0.1, -0.05) is 24.1 Å². The van der Waals surface area contributed by atoms with E-state index in [4.69, 9.17) is 20.6 Å². The quantitative estimate of drug-likeness (QED) is 0.576. The molecular formula is C22H25NO5. The SMILES string of the molecule is C#CCOc1ccccc1C1C(C(=O)OCC)=C(C)NC(C)=C1C(=O)OCC. The first-order chi connectivity index (χ1) is 13.5. The van der Waals surface area contributed by atoms with Crippen molar-refractivity contribution in [2.75, 3.05) is 19.8 Å². The zero-order chi connectivity index (χ0) is 20.7. The third-order valence-electron chi connectivity index (χ3n) is 4.29. The van der Waals surface area contributed by atoms with Crippen molar-refractivity contribution in [1.29, 1.82) is 0 Å². The van der Waals surface area contributed by atoms with Crippen LogP contribution in [-0.4, -0.2) is 31.8 Å². The van der Waals surface area contributed by atoms with Gasteiger partial charge in [-0.05, 0) is 33.8 Å². The lowest BCUT2D eigenvalue weighted by atomic mass is 9.80. The number of hydrogen-bond donors (Lipinski definition) is 1. The number of carbonyl (C=O) groups is 2. The van der Waals surface area contributed by atoms with Crippen molar-refractivity contribution in [3.05, 3.63) is 52.4 Å². The number of carbonyl (C=O) groups excluding carboxylic acids is 2. The average Bonchev–Trinajstić information content (AvgIpc) is 2.66. The summed E-state index contributed by atoms with van der Waals surface area (Å²) in [5.74, 6) is 1.22. The molecule has 28 heavy (non-hydrogen) atoms. The zero-order valence-corrected chi connectivity index (χ0v) is 16.6. The normalized spacial score (nSPS) is 14.2. The minimum Gasteiger partial charge on any atom is -0.481 e. The Morgan fingerprint density at radius 1 is 1.04 bits per heavy atom. The highest BCUT2D eigenvalue weighted by molar-refractivity contribution is 6.00. The Bertz CT molecular complexity index is 820. The summed E-state index contributed by atoms with van der Waals surface area (Å²) in [6, 6.07) is 7.18. The Kier molecular flexibility index (Phi) is 7.28. The Morgan fingerprint density at radius 2 is 1.57 bits per heavy atom. The van der Waals surface area contributed by atoms with E-state index in [2.05, 4.69) is 11.2 Å². The lowest BCUT2D eigenvalue weighted by molar-refractivity contribution is -0.139. The number of terminal acetylenes is 1. The molecule has 0 bridgehead atoms. The molecule has 0 atom stereocenters. The van der Waals surface area contributed by atoms with Crippen LogP contribution in [0.15, 0.2) is 46.8 Å². The summed E-state index contributed by atoms with van der Waals surface area (Å²) < 4.78 is 16.2. The van der Waals surface area contributed by atoms with Crippen LogP contribution in [-0.2, 0) is 19.1 Å². The number of hydrogen-bond acceptors (Lipinski definition) is 6. The highest BCUT2D eigenvalue weighted by Gasteiger charge is 2.39. The minimum atomic E-state index is -0.701. The number of benzene rings is 1. The molecule has 0 saturated carbocycles. The summed E-state index contributed by atoms with van der Waals surface area (Å²) in [6.07, 6.45) is 5.33. The summed E-state index contributed by atoms with van der Waals surface area (Å²) in [5.41, 5.74) is 2.55. The smallest absolute Gasteiger partial charge is 0.336 e. The average molecular weight is 383 g/mol. The van der Waals surface area contributed by atoms with E-state index in [1.807, 2.05) is 6.07 Å². The standard InChI is InChI=1S/C22H25NO5/c1-6-13-28-17-12-10-9-11-16(17)20-18(21(24)26-7-2)14(4)23-15(5)19(20)22(25)27-8-3/h1,9-12,20,23H,7-8,13H2,2-5H3. The van der Waals surface area contributed by atoms with Gasteiger partial charge in [0.25, 0.3) is 0 Å². The van der Waals surface area contributed by atoms with E-state index in [0.29, 0.717) is 33.9 Å². The number of dihydropyridines is 1. The molecule has 0 saturated heterocycles. The van der Waals surface area contributed by atoms with E-state index >= 15 is 0 Å². The van der Waals surface area contributed by atoms with Crippen molar-refractivity contribution >= 4 is 11.9 Å². The number of para-hydroxylation sites is 1. The topological polar surface area (TPSA) is 73.9 Å². The molecule has 6 heteroatoms. The second kappa shape index (κ2) is 9.65. The van der Waals surface area contributed by atoms with Crippen molar-refractivity contribution in [2.45, 2.75) is 33.6 Å². The molecule has 1 N–H and O–H groups in total. The predicted molar refractivity (Wildman–Crippen MR) is 105 cm³/mol. The van der Waals surface area contributed by atoms with E-state index in [1.54, 1.807) is 45.9 Å². The number of nitrogens with one attached hydrogen (secondary N) is 1. The Hall–Kier alpha value is -3.20. The second-order valence-electron chi connectivity index (χ2n) is 6.11. The molecule has 1 aromatic rings. The molecule has 0 aromatic heterocycles. The van der Waals surface area contributed by atoms with Gasteiger partial charge >= 0.3 is 11.9 Å². The van der Waals surface area contributed by atoms with Crippen LogP contribution in [0.2, 0.25) is 0 Å². The van der Waals surface area contributed by atoms with Crippen LogP contribution in [0.25, 0.3) is 0 Å². The van der Waals surface area contributed by atoms with Gasteiger partial charge in [0.05, 0.1) is 30.3 Å². The lowest BCUT2D eigenvalue weighted by Crippen LogP contribution is -2.32. The third-order valence-corrected chi connectivity index (χ3v) is 4.29. The molecular weight excluding hydrogens is 358 g/mol. The number of allylic oxidation sites excluding steroid dienone is 2. The summed E-state index contributed by atoms with van der Waals surface area (Å²) >= 11 is 0. The largest absolute Gasteiger partial charge is 0.481 e. The fourth-order valence-electron chi connectivity index (χ4n) is 3.23. The van der Waals surface area contributed by atoms with Gasteiger partial charge in [0.2, 0.25) is 0 Å². The molecule has 2 rings (SSSR count). The van der Waals surface area contributed by atoms with Crippen LogP contribution in [0.1, 0.15) is 39.2 Å². The van der Waals surface area contributed by atoms with Crippen molar-refractivity contribution in [3.8, 4) is 18.1 Å². The molecule has 0 spiro atoms. The van der Waals surface area contributed by atoms with E-state index in [-0.39, 0.29) is 19.8 Å².